The standard InChI is InChI=1S/C20H23N3O2/c1-13-17(14(2)22-20(25)18(13)12-21)10-11-19(24)23(4)15(3)16-8-6-5-7-9-16/h5-9,15H,10-11H2,1-4H3,(H,22,25)/t15-/m0/s1. The van der Waals surface area contributed by atoms with Crippen LogP contribution in [-0.2, 0) is 11.2 Å². The molecule has 1 N–H and O–H groups in total. The Morgan fingerprint density at radius 1 is 1.28 bits per heavy atom. The fourth-order valence-electron chi connectivity index (χ4n) is 3.00. The summed E-state index contributed by atoms with van der Waals surface area (Å²) in [6, 6.07) is 11.8. The number of H-pyrrole nitrogens is 1. The van der Waals surface area contributed by atoms with Crippen molar-refractivity contribution in [3.8, 4) is 6.07 Å². The van der Waals surface area contributed by atoms with Gasteiger partial charge in [0, 0.05) is 19.2 Å². The van der Waals surface area contributed by atoms with E-state index in [1.165, 1.54) is 0 Å². The molecule has 1 aromatic carbocycles. The van der Waals surface area contributed by atoms with Crippen molar-refractivity contribution >= 4 is 5.91 Å². The van der Waals surface area contributed by atoms with Crippen LogP contribution in [0, 0.1) is 25.2 Å². The van der Waals surface area contributed by atoms with Crippen LogP contribution < -0.4 is 5.56 Å². The van der Waals surface area contributed by atoms with E-state index >= 15 is 0 Å². The highest BCUT2D eigenvalue weighted by Gasteiger charge is 2.19. The summed E-state index contributed by atoms with van der Waals surface area (Å²) in [6.45, 7) is 5.56. The molecule has 0 aliphatic carbocycles. The third-order valence-electron chi connectivity index (χ3n) is 4.77. The van der Waals surface area contributed by atoms with Crippen LogP contribution in [0.4, 0.5) is 0 Å². The summed E-state index contributed by atoms with van der Waals surface area (Å²) in [5.41, 5.74) is 3.08. The van der Waals surface area contributed by atoms with Crippen LogP contribution in [0.15, 0.2) is 35.1 Å². The van der Waals surface area contributed by atoms with Crippen molar-refractivity contribution in [1.82, 2.24) is 9.88 Å². The molecule has 0 saturated carbocycles. The Balaban J connectivity index is 2.13. The largest absolute Gasteiger partial charge is 0.339 e. The van der Waals surface area contributed by atoms with Crippen LogP contribution in [0.3, 0.4) is 0 Å². The van der Waals surface area contributed by atoms with Crippen molar-refractivity contribution in [3.63, 3.8) is 0 Å². The third kappa shape index (κ3) is 3.97. The number of hydrogen-bond acceptors (Lipinski definition) is 3. The van der Waals surface area contributed by atoms with Gasteiger partial charge in [-0.1, -0.05) is 30.3 Å². The van der Waals surface area contributed by atoms with Gasteiger partial charge in [0.25, 0.3) is 5.56 Å². The fraction of sp³-hybridized carbons (Fsp3) is 0.350. The summed E-state index contributed by atoms with van der Waals surface area (Å²) in [5, 5.41) is 9.13. The van der Waals surface area contributed by atoms with E-state index in [-0.39, 0.29) is 23.1 Å². The highest BCUT2D eigenvalue weighted by Crippen LogP contribution is 2.20. The van der Waals surface area contributed by atoms with E-state index in [1.807, 2.05) is 43.3 Å². The van der Waals surface area contributed by atoms with Crippen molar-refractivity contribution < 1.29 is 4.79 Å². The lowest BCUT2D eigenvalue weighted by molar-refractivity contribution is -0.131. The number of amides is 1. The Morgan fingerprint density at radius 2 is 1.92 bits per heavy atom. The predicted octanol–water partition coefficient (Wildman–Crippen LogP) is 3.02. The minimum absolute atomic E-state index is 0.0128. The summed E-state index contributed by atoms with van der Waals surface area (Å²) < 4.78 is 0. The highest BCUT2D eigenvalue weighted by atomic mass is 16.2. The van der Waals surface area contributed by atoms with E-state index < -0.39 is 0 Å². The van der Waals surface area contributed by atoms with Gasteiger partial charge in [-0.15, -0.1) is 0 Å². The molecule has 25 heavy (non-hydrogen) atoms. The number of aromatic nitrogens is 1. The number of nitrogens with one attached hydrogen (secondary N) is 1. The molecule has 130 valence electrons. The Bertz CT molecular complexity index is 863. The first-order chi connectivity index (χ1) is 11.9. The number of nitrogens with zero attached hydrogens (tertiary/aromatic N) is 2. The molecule has 0 bridgehead atoms. The number of hydrogen-bond donors (Lipinski definition) is 1. The monoisotopic (exact) mass is 337 g/mol. The molecule has 2 rings (SSSR count). The van der Waals surface area contributed by atoms with E-state index in [4.69, 9.17) is 5.26 Å². The van der Waals surface area contributed by atoms with Crippen LogP contribution in [0.25, 0.3) is 0 Å². The first kappa shape index (κ1) is 18.5. The van der Waals surface area contributed by atoms with Gasteiger partial charge < -0.3 is 9.88 Å². The molecule has 1 atom stereocenters. The number of carbonyl (C=O) groups excluding carboxylic acids is 1. The van der Waals surface area contributed by atoms with Crippen molar-refractivity contribution in [2.75, 3.05) is 7.05 Å². The van der Waals surface area contributed by atoms with Gasteiger partial charge in [0.05, 0.1) is 6.04 Å². The quantitative estimate of drug-likeness (QED) is 0.911. The predicted molar refractivity (Wildman–Crippen MR) is 97.2 cm³/mol. The van der Waals surface area contributed by atoms with Crippen molar-refractivity contribution in [1.29, 1.82) is 5.26 Å². The third-order valence-corrected chi connectivity index (χ3v) is 4.77. The zero-order chi connectivity index (χ0) is 18.6. The molecule has 0 unspecified atom stereocenters. The molecule has 0 spiro atoms. The lowest BCUT2D eigenvalue weighted by atomic mass is 9.98. The number of carbonyl (C=O) groups is 1. The smallest absolute Gasteiger partial charge is 0.266 e. The fourth-order valence-corrected chi connectivity index (χ4v) is 3.00. The molecule has 5 nitrogen and oxygen atoms in total. The van der Waals surface area contributed by atoms with E-state index in [1.54, 1.807) is 25.8 Å². The van der Waals surface area contributed by atoms with Crippen molar-refractivity contribution in [2.24, 2.45) is 0 Å². The first-order valence-corrected chi connectivity index (χ1v) is 8.29. The second-order valence-electron chi connectivity index (χ2n) is 6.26. The number of rotatable bonds is 5. The Kier molecular flexibility index (Phi) is 5.76. The average Bonchev–Trinajstić information content (AvgIpc) is 2.60. The molecular weight excluding hydrogens is 314 g/mol. The second-order valence-corrected chi connectivity index (χ2v) is 6.26. The lowest BCUT2D eigenvalue weighted by Crippen LogP contribution is -2.30. The molecular formula is C20H23N3O2. The summed E-state index contributed by atoms with van der Waals surface area (Å²) in [4.78, 5) is 28.8. The maximum absolute atomic E-state index is 12.6. The molecule has 5 heteroatoms. The molecule has 0 aliphatic heterocycles. The van der Waals surface area contributed by atoms with E-state index in [0.717, 1.165) is 11.1 Å². The van der Waals surface area contributed by atoms with Crippen LogP contribution in [0.1, 0.15) is 47.3 Å². The zero-order valence-corrected chi connectivity index (χ0v) is 15.1. The summed E-state index contributed by atoms with van der Waals surface area (Å²) in [5.74, 6) is 0.0276. The molecule has 0 fully saturated rings. The van der Waals surface area contributed by atoms with Gasteiger partial charge in [-0.3, -0.25) is 9.59 Å². The Morgan fingerprint density at radius 3 is 2.52 bits per heavy atom. The minimum Gasteiger partial charge on any atom is -0.339 e. The van der Waals surface area contributed by atoms with Crippen LogP contribution in [-0.4, -0.2) is 22.8 Å². The van der Waals surface area contributed by atoms with Gasteiger partial charge in [0.15, 0.2) is 0 Å². The van der Waals surface area contributed by atoms with E-state index in [9.17, 15) is 9.59 Å². The van der Waals surface area contributed by atoms with Crippen LogP contribution in [0.5, 0.6) is 0 Å². The van der Waals surface area contributed by atoms with Gasteiger partial charge in [-0.05, 0) is 43.9 Å². The number of pyridine rings is 1. The van der Waals surface area contributed by atoms with E-state index in [0.29, 0.717) is 24.1 Å². The Labute approximate surface area is 147 Å². The topological polar surface area (TPSA) is 77.0 Å². The normalized spacial score (nSPS) is 11.6. The zero-order valence-electron chi connectivity index (χ0n) is 15.1. The maximum Gasteiger partial charge on any atom is 0.266 e. The van der Waals surface area contributed by atoms with Gasteiger partial charge >= 0.3 is 0 Å². The van der Waals surface area contributed by atoms with Gasteiger partial charge in [0.2, 0.25) is 5.91 Å². The SMILES string of the molecule is Cc1[nH]c(=O)c(C#N)c(C)c1CCC(=O)N(C)[C@@H](C)c1ccccc1. The van der Waals surface area contributed by atoms with Crippen LogP contribution in [0.2, 0.25) is 0 Å². The molecule has 0 saturated heterocycles. The van der Waals surface area contributed by atoms with E-state index in [2.05, 4.69) is 4.98 Å². The van der Waals surface area contributed by atoms with Gasteiger partial charge in [-0.2, -0.15) is 5.26 Å². The molecule has 0 aliphatic rings. The van der Waals surface area contributed by atoms with Gasteiger partial charge in [0.1, 0.15) is 11.6 Å². The van der Waals surface area contributed by atoms with Crippen molar-refractivity contribution in [3.05, 3.63) is 68.6 Å². The van der Waals surface area contributed by atoms with Crippen LogP contribution >= 0.6 is 0 Å². The highest BCUT2D eigenvalue weighted by molar-refractivity contribution is 5.76. The summed E-state index contributed by atoms with van der Waals surface area (Å²) in [6.07, 6.45) is 0.820. The number of benzene rings is 1. The van der Waals surface area contributed by atoms with Gasteiger partial charge in [-0.25, -0.2) is 0 Å². The molecule has 1 amide bonds. The molecule has 0 radical (unpaired) electrons. The summed E-state index contributed by atoms with van der Waals surface area (Å²) >= 11 is 0. The second kappa shape index (κ2) is 7.80. The molecule has 2 aromatic rings. The Hall–Kier alpha value is -2.87. The maximum atomic E-state index is 12.6. The lowest BCUT2D eigenvalue weighted by Gasteiger charge is -2.25. The molecule has 1 aromatic heterocycles. The number of nitriles is 1. The summed E-state index contributed by atoms with van der Waals surface area (Å²) in [7, 11) is 1.80. The average molecular weight is 337 g/mol. The molecule has 1 heterocycles. The number of aromatic amines is 1. The van der Waals surface area contributed by atoms with Crippen molar-refractivity contribution in [2.45, 2.75) is 39.7 Å². The number of aryl methyl sites for hydroxylation is 1. The first-order valence-electron chi connectivity index (χ1n) is 8.29. The minimum atomic E-state index is -0.373.